The number of hydrogen-bond donors (Lipinski definition) is 1. The van der Waals surface area contributed by atoms with E-state index in [1.165, 1.54) is 29.5 Å². The van der Waals surface area contributed by atoms with Crippen molar-refractivity contribution in [3.63, 3.8) is 0 Å². The van der Waals surface area contributed by atoms with E-state index in [1.807, 2.05) is 13.0 Å². The quantitative estimate of drug-likeness (QED) is 0.617. The smallest absolute Gasteiger partial charge is 0.294 e. The van der Waals surface area contributed by atoms with Gasteiger partial charge in [-0.3, -0.25) is 9.45 Å². The van der Waals surface area contributed by atoms with Crippen LogP contribution in [0.4, 0.5) is 0 Å². The summed E-state index contributed by atoms with van der Waals surface area (Å²) in [4.78, 5) is 2.50. The molecule has 0 amide bonds. The summed E-state index contributed by atoms with van der Waals surface area (Å²) in [5.74, 6) is 1.39. The van der Waals surface area contributed by atoms with Gasteiger partial charge in [0.15, 0.2) is 0 Å². The van der Waals surface area contributed by atoms with Crippen molar-refractivity contribution in [1.82, 2.24) is 9.21 Å². The molecular formula is C25H34N2O6S2. The van der Waals surface area contributed by atoms with Crippen LogP contribution in [0, 0.1) is 12.8 Å². The van der Waals surface area contributed by atoms with Gasteiger partial charge in [-0.1, -0.05) is 23.8 Å². The SMILES string of the molecule is COc1ccc2c(c1)CCN1C[C@H]3CCCN(S(C)(=O)=O)[C@H]3C[C@@H]21.Cc1ccc(S(=O)(=O)O)cc1. The van der Waals surface area contributed by atoms with Crippen LogP contribution in [0.5, 0.6) is 5.75 Å². The monoisotopic (exact) mass is 522 g/mol. The van der Waals surface area contributed by atoms with E-state index in [1.54, 1.807) is 23.5 Å². The molecule has 0 aromatic heterocycles. The number of hydrogen-bond acceptors (Lipinski definition) is 6. The van der Waals surface area contributed by atoms with Crippen molar-refractivity contribution in [1.29, 1.82) is 0 Å². The number of methoxy groups -OCH3 is 1. The summed E-state index contributed by atoms with van der Waals surface area (Å²) in [6.07, 6.45) is 5.46. The molecule has 10 heteroatoms. The first-order valence-corrected chi connectivity index (χ1v) is 15.2. The molecule has 3 atom stereocenters. The number of piperidine rings is 2. The lowest BCUT2D eigenvalue weighted by Gasteiger charge is -2.51. The van der Waals surface area contributed by atoms with Crippen LogP contribution in [0.15, 0.2) is 47.4 Å². The second-order valence-electron chi connectivity index (χ2n) is 9.69. The molecule has 3 aliphatic heterocycles. The van der Waals surface area contributed by atoms with E-state index < -0.39 is 20.1 Å². The molecule has 192 valence electrons. The van der Waals surface area contributed by atoms with E-state index in [-0.39, 0.29) is 10.9 Å². The number of sulfonamides is 1. The minimum Gasteiger partial charge on any atom is -0.497 e. The van der Waals surface area contributed by atoms with Crippen molar-refractivity contribution in [2.75, 3.05) is 33.0 Å². The van der Waals surface area contributed by atoms with E-state index in [0.29, 0.717) is 18.5 Å². The van der Waals surface area contributed by atoms with Crippen LogP contribution in [0.1, 0.15) is 42.0 Å². The number of rotatable bonds is 3. The van der Waals surface area contributed by atoms with Crippen LogP contribution in [0.3, 0.4) is 0 Å². The van der Waals surface area contributed by atoms with Gasteiger partial charge in [0.1, 0.15) is 5.75 Å². The third-order valence-electron chi connectivity index (χ3n) is 7.36. The highest BCUT2D eigenvalue weighted by molar-refractivity contribution is 7.88. The molecule has 2 aromatic rings. The minimum atomic E-state index is -4.02. The first-order valence-electron chi connectivity index (χ1n) is 11.9. The van der Waals surface area contributed by atoms with Crippen LogP contribution in [-0.2, 0) is 26.6 Å². The van der Waals surface area contributed by atoms with E-state index in [9.17, 15) is 16.8 Å². The van der Waals surface area contributed by atoms with Crippen molar-refractivity contribution >= 4 is 20.1 Å². The van der Waals surface area contributed by atoms with E-state index >= 15 is 0 Å². The van der Waals surface area contributed by atoms with Gasteiger partial charge in [0.2, 0.25) is 10.0 Å². The molecular weight excluding hydrogens is 488 g/mol. The Morgan fingerprint density at radius 3 is 2.37 bits per heavy atom. The Labute approximate surface area is 208 Å². The predicted molar refractivity (Wildman–Crippen MR) is 135 cm³/mol. The fourth-order valence-corrected chi connectivity index (χ4v) is 7.33. The molecule has 8 nitrogen and oxygen atoms in total. The Bertz CT molecular complexity index is 1260. The lowest BCUT2D eigenvalue weighted by Crippen LogP contribution is -2.57. The Balaban J connectivity index is 0.000000221. The maximum Gasteiger partial charge on any atom is 0.294 e. The summed E-state index contributed by atoms with van der Waals surface area (Å²) in [6, 6.07) is 12.8. The van der Waals surface area contributed by atoms with Crippen molar-refractivity contribution in [2.24, 2.45) is 5.92 Å². The van der Waals surface area contributed by atoms with E-state index in [2.05, 4.69) is 17.0 Å². The predicted octanol–water partition coefficient (Wildman–Crippen LogP) is 3.28. The molecule has 0 radical (unpaired) electrons. The highest BCUT2D eigenvalue weighted by Crippen LogP contribution is 2.43. The third-order valence-corrected chi connectivity index (χ3v) is 9.54. The van der Waals surface area contributed by atoms with Crippen LogP contribution in [0.25, 0.3) is 0 Å². The fourth-order valence-electron chi connectivity index (χ4n) is 5.64. The zero-order valence-electron chi connectivity index (χ0n) is 20.4. The topological polar surface area (TPSA) is 104 Å². The van der Waals surface area contributed by atoms with Gasteiger partial charge in [0, 0.05) is 31.7 Å². The third kappa shape index (κ3) is 5.89. The molecule has 0 saturated carbocycles. The van der Waals surface area contributed by atoms with Gasteiger partial charge in [0.25, 0.3) is 10.1 Å². The number of nitrogens with zero attached hydrogens (tertiary/aromatic N) is 2. The fraction of sp³-hybridized carbons (Fsp3) is 0.520. The normalized spacial score (nSPS) is 24.9. The second-order valence-corrected chi connectivity index (χ2v) is 13.0. The van der Waals surface area contributed by atoms with E-state index in [4.69, 9.17) is 9.29 Å². The first-order chi connectivity index (χ1) is 16.5. The number of aryl methyl sites for hydroxylation is 1. The summed E-state index contributed by atoms with van der Waals surface area (Å²) in [6.45, 7) is 4.61. The molecule has 2 aromatic carbocycles. The highest BCUT2D eigenvalue weighted by Gasteiger charge is 2.44. The van der Waals surface area contributed by atoms with Crippen LogP contribution in [-0.4, -0.2) is 69.6 Å². The molecule has 3 heterocycles. The molecule has 0 unspecified atom stereocenters. The highest BCUT2D eigenvalue weighted by atomic mass is 32.2. The molecule has 0 bridgehead atoms. The molecule has 5 rings (SSSR count). The van der Waals surface area contributed by atoms with Crippen molar-refractivity contribution in [3.8, 4) is 5.75 Å². The number of ether oxygens (including phenoxy) is 1. The molecule has 2 fully saturated rings. The van der Waals surface area contributed by atoms with Crippen LogP contribution in [0.2, 0.25) is 0 Å². The minimum absolute atomic E-state index is 0.0666. The largest absolute Gasteiger partial charge is 0.497 e. The average molecular weight is 523 g/mol. The summed E-state index contributed by atoms with van der Waals surface area (Å²) >= 11 is 0. The zero-order chi connectivity index (χ0) is 25.4. The molecule has 0 spiro atoms. The Morgan fingerprint density at radius 1 is 1.03 bits per heavy atom. The van der Waals surface area contributed by atoms with Crippen molar-refractivity contribution in [2.45, 2.75) is 49.6 Å². The Hall–Kier alpha value is -1.98. The van der Waals surface area contributed by atoms with Crippen molar-refractivity contribution in [3.05, 3.63) is 59.2 Å². The molecule has 0 aliphatic carbocycles. The van der Waals surface area contributed by atoms with Crippen molar-refractivity contribution < 1.29 is 26.1 Å². The van der Waals surface area contributed by atoms with Gasteiger partial charge in [-0.25, -0.2) is 8.42 Å². The van der Waals surface area contributed by atoms with E-state index in [0.717, 1.165) is 50.1 Å². The molecule has 3 aliphatic rings. The molecule has 2 saturated heterocycles. The molecule has 35 heavy (non-hydrogen) atoms. The van der Waals surface area contributed by atoms with Gasteiger partial charge < -0.3 is 4.74 Å². The number of benzene rings is 2. The van der Waals surface area contributed by atoms with Gasteiger partial charge in [-0.15, -0.1) is 0 Å². The van der Waals surface area contributed by atoms with Crippen LogP contribution >= 0.6 is 0 Å². The summed E-state index contributed by atoms with van der Waals surface area (Å²) in [7, 11) is -5.44. The molecule has 1 N–H and O–H groups in total. The zero-order valence-corrected chi connectivity index (χ0v) is 22.1. The summed E-state index contributed by atoms with van der Waals surface area (Å²) in [5.41, 5.74) is 3.67. The van der Waals surface area contributed by atoms with Gasteiger partial charge in [-0.05, 0) is 73.9 Å². The lowest BCUT2D eigenvalue weighted by atomic mass is 9.77. The Morgan fingerprint density at radius 2 is 1.74 bits per heavy atom. The average Bonchev–Trinajstić information content (AvgIpc) is 2.81. The Kier molecular flexibility index (Phi) is 7.59. The first kappa shape index (κ1) is 26.1. The van der Waals surface area contributed by atoms with Gasteiger partial charge in [-0.2, -0.15) is 12.7 Å². The summed E-state index contributed by atoms with van der Waals surface area (Å²) < 4.78 is 61.1. The van der Waals surface area contributed by atoms with Crippen LogP contribution < -0.4 is 4.74 Å². The maximum absolute atomic E-state index is 12.2. The second kappa shape index (κ2) is 10.2. The lowest BCUT2D eigenvalue weighted by molar-refractivity contribution is 0.0222. The summed E-state index contributed by atoms with van der Waals surface area (Å²) in [5, 5.41) is 0. The number of fused-ring (bicyclic) bond motifs is 4. The maximum atomic E-state index is 12.2. The standard InChI is InChI=1S/C18H26N2O3S.C7H8O3S/c1-23-15-5-6-16-13(10-15)7-9-19-12-14-4-3-8-20(24(2,21)22)17(14)11-18(16)19;1-6-2-4-7(5-3-6)11(8,9)10/h5-6,10,14,17-18H,3-4,7-9,11-12H2,1-2H3;2-5H,1H3,(H,8,9,10)/t14-,17+,18+;/m1./s1. The van der Waals surface area contributed by atoms with Gasteiger partial charge >= 0.3 is 0 Å². The van der Waals surface area contributed by atoms with Gasteiger partial charge in [0.05, 0.1) is 18.3 Å².